The van der Waals surface area contributed by atoms with Gasteiger partial charge in [-0.2, -0.15) is 0 Å². The van der Waals surface area contributed by atoms with Crippen LogP contribution < -0.4 is 4.74 Å². The minimum atomic E-state index is -0.692. The molecule has 0 saturated heterocycles. The molecule has 1 aliphatic carbocycles. The van der Waals surface area contributed by atoms with Gasteiger partial charge in [0, 0.05) is 5.02 Å². The molecule has 1 saturated carbocycles. The summed E-state index contributed by atoms with van der Waals surface area (Å²) in [5, 5.41) is 11.6. The predicted molar refractivity (Wildman–Crippen MR) is 94.8 cm³/mol. The number of nitrogens with zero attached hydrogens (tertiary/aromatic N) is 1. The van der Waals surface area contributed by atoms with Crippen molar-refractivity contribution in [1.82, 2.24) is 4.90 Å². The Morgan fingerprint density at radius 1 is 1.21 bits per heavy atom. The van der Waals surface area contributed by atoms with E-state index in [-0.39, 0.29) is 6.23 Å². The summed E-state index contributed by atoms with van der Waals surface area (Å²) in [6.07, 6.45) is 10.4. The van der Waals surface area contributed by atoms with E-state index in [1.54, 1.807) is 19.2 Å². The largest absolute Gasteiger partial charge is 0.482 e. The molecule has 1 atom stereocenters. The van der Waals surface area contributed by atoms with E-state index in [2.05, 4.69) is 0 Å². The second-order valence-corrected chi connectivity index (χ2v) is 6.91. The average Bonchev–Trinajstić information content (AvgIpc) is 2.59. The first-order chi connectivity index (χ1) is 11.6. The molecule has 1 N–H and O–H groups in total. The number of benzene rings is 1. The third-order valence-corrected chi connectivity index (χ3v) is 4.89. The Labute approximate surface area is 148 Å². The molecular formula is C19H24ClNO3. The van der Waals surface area contributed by atoms with Crippen molar-refractivity contribution in [2.45, 2.75) is 43.9 Å². The Balaban J connectivity index is 1.76. The molecule has 24 heavy (non-hydrogen) atoms. The first-order valence-corrected chi connectivity index (χ1v) is 8.81. The molecule has 3 rings (SSSR count). The van der Waals surface area contributed by atoms with E-state index >= 15 is 0 Å². The van der Waals surface area contributed by atoms with Gasteiger partial charge in [0.2, 0.25) is 0 Å². The van der Waals surface area contributed by atoms with Gasteiger partial charge in [0.15, 0.2) is 12.1 Å². The SMILES string of the molecule is COC1=CC=CC(Oc2ccc(Cl)cc2)N1CC1(O)CCCCC1. The van der Waals surface area contributed by atoms with Gasteiger partial charge in [0.1, 0.15) is 5.75 Å². The predicted octanol–water partition coefficient (Wildman–Crippen LogP) is 4.10. The summed E-state index contributed by atoms with van der Waals surface area (Å²) in [6.45, 7) is 0.495. The van der Waals surface area contributed by atoms with Crippen LogP contribution in [-0.4, -0.2) is 35.5 Å². The van der Waals surface area contributed by atoms with Crippen LogP contribution in [0.15, 0.2) is 48.4 Å². The van der Waals surface area contributed by atoms with Crippen molar-refractivity contribution in [3.8, 4) is 5.75 Å². The smallest absolute Gasteiger partial charge is 0.194 e. The third-order valence-electron chi connectivity index (χ3n) is 4.63. The van der Waals surface area contributed by atoms with Gasteiger partial charge in [-0.3, -0.25) is 0 Å². The van der Waals surface area contributed by atoms with Gasteiger partial charge < -0.3 is 19.5 Å². The minimum absolute atomic E-state index is 0.322. The monoisotopic (exact) mass is 349 g/mol. The van der Waals surface area contributed by atoms with Crippen molar-refractivity contribution >= 4 is 11.6 Å². The zero-order valence-corrected chi connectivity index (χ0v) is 14.7. The number of methoxy groups -OCH3 is 1. The molecule has 1 fully saturated rings. The zero-order valence-electron chi connectivity index (χ0n) is 14.0. The third kappa shape index (κ3) is 4.05. The van der Waals surface area contributed by atoms with E-state index < -0.39 is 5.60 Å². The fraction of sp³-hybridized carbons (Fsp3) is 0.474. The Morgan fingerprint density at radius 3 is 2.58 bits per heavy atom. The van der Waals surface area contributed by atoms with Gasteiger partial charge in [-0.1, -0.05) is 36.9 Å². The molecule has 1 unspecified atom stereocenters. The van der Waals surface area contributed by atoms with Crippen molar-refractivity contribution in [3.05, 3.63) is 53.4 Å². The molecular weight excluding hydrogens is 326 g/mol. The van der Waals surface area contributed by atoms with Crippen LogP contribution in [0.2, 0.25) is 5.02 Å². The van der Waals surface area contributed by atoms with Crippen LogP contribution in [0, 0.1) is 0 Å². The molecule has 4 nitrogen and oxygen atoms in total. The number of rotatable bonds is 5. The number of hydrogen-bond donors (Lipinski definition) is 1. The van der Waals surface area contributed by atoms with Crippen molar-refractivity contribution in [3.63, 3.8) is 0 Å². The highest BCUT2D eigenvalue weighted by atomic mass is 35.5. The molecule has 1 aliphatic heterocycles. The molecule has 1 heterocycles. The average molecular weight is 350 g/mol. The van der Waals surface area contributed by atoms with E-state index in [0.29, 0.717) is 17.5 Å². The fourth-order valence-corrected chi connectivity index (χ4v) is 3.48. The molecule has 0 bridgehead atoms. The van der Waals surface area contributed by atoms with E-state index in [9.17, 15) is 5.11 Å². The van der Waals surface area contributed by atoms with Crippen LogP contribution >= 0.6 is 11.6 Å². The van der Waals surface area contributed by atoms with Crippen LogP contribution in [-0.2, 0) is 4.74 Å². The minimum Gasteiger partial charge on any atom is -0.482 e. The molecule has 0 amide bonds. The highest BCUT2D eigenvalue weighted by molar-refractivity contribution is 6.30. The van der Waals surface area contributed by atoms with Gasteiger partial charge in [-0.05, 0) is 49.3 Å². The van der Waals surface area contributed by atoms with Crippen molar-refractivity contribution in [2.24, 2.45) is 0 Å². The first-order valence-electron chi connectivity index (χ1n) is 8.43. The lowest BCUT2D eigenvalue weighted by molar-refractivity contribution is -0.0633. The molecule has 2 aliphatic rings. The van der Waals surface area contributed by atoms with E-state index in [1.807, 2.05) is 35.3 Å². The number of hydrogen-bond acceptors (Lipinski definition) is 4. The maximum atomic E-state index is 10.9. The maximum Gasteiger partial charge on any atom is 0.194 e. The van der Waals surface area contributed by atoms with Crippen molar-refractivity contribution < 1.29 is 14.6 Å². The van der Waals surface area contributed by atoms with E-state index in [1.165, 1.54) is 6.42 Å². The first kappa shape index (κ1) is 17.2. The molecule has 130 valence electrons. The number of allylic oxidation sites excluding steroid dienone is 2. The van der Waals surface area contributed by atoms with Crippen LogP contribution in [0.1, 0.15) is 32.1 Å². The van der Waals surface area contributed by atoms with Crippen molar-refractivity contribution in [1.29, 1.82) is 0 Å². The summed E-state index contributed by atoms with van der Waals surface area (Å²) in [5.41, 5.74) is -0.692. The molecule has 0 radical (unpaired) electrons. The molecule has 1 aromatic rings. The summed E-state index contributed by atoms with van der Waals surface area (Å²) in [7, 11) is 1.64. The summed E-state index contributed by atoms with van der Waals surface area (Å²) < 4.78 is 11.6. The van der Waals surface area contributed by atoms with Gasteiger partial charge in [-0.25, -0.2) is 0 Å². The lowest BCUT2D eigenvalue weighted by Gasteiger charge is -2.41. The summed E-state index contributed by atoms with van der Waals surface area (Å²) in [6, 6.07) is 7.29. The summed E-state index contributed by atoms with van der Waals surface area (Å²) in [5.74, 6) is 1.43. The highest BCUT2D eigenvalue weighted by Gasteiger charge is 2.35. The molecule has 5 heteroatoms. The maximum absolute atomic E-state index is 10.9. The second-order valence-electron chi connectivity index (χ2n) is 6.47. The van der Waals surface area contributed by atoms with Crippen molar-refractivity contribution in [2.75, 3.05) is 13.7 Å². The van der Waals surface area contributed by atoms with Gasteiger partial charge >= 0.3 is 0 Å². The summed E-state index contributed by atoms with van der Waals surface area (Å²) >= 11 is 5.93. The molecule has 1 aromatic carbocycles. The quantitative estimate of drug-likeness (QED) is 0.869. The van der Waals surface area contributed by atoms with Crippen LogP contribution in [0.5, 0.6) is 5.75 Å². The second kappa shape index (κ2) is 7.49. The van der Waals surface area contributed by atoms with Gasteiger partial charge in [0.05, 0.1) is 19.3 Å². The number of halogens is 1. The van der Waals surface area contributed by atoms with Gasteiger partial charge in [-0.15, -0.1) is 0 Å². The Morgan fingerprint density at radius 2 is 1.92 bits per heavy atom. The summed E-state index contributed by atoms with van der Waals surface area (Å²) in [4.78, 5) is 1.99. The van der Waals surface area contributed by atoms with E-state index in [4.69, 9.17) is 21.1 Å². The van der Waals surface area contributed by atoms with Crippen LogP contribution in [0.3, 0.4) is 0 Å². The number of ether oxygens (including phenoxy) is 2. The fourth-order valence-electron chi connectivity index (χ4n) is 3.35. The van der Waals surface area contributed by atoms with Gasteiger partial charge in [0.25, 0.3) is 0 Å². The standard InChI is InChI=1S/C19H24ClNO3/c1-23-17-6-5-7-18(24-16-10-8-15(20)9-11-16)21(17)14-19(22)12-3-2-4-13-19/h5-11,18,22H,2-4,12-14H2,1H3. The Hall–Kier alpha value is -1.65. The Bertz CT molecular complexity index is 606. The number of aliphatic hydroxyl groups is 1. The zero-order chi connectivity index (χ0) is 17.0. The van der Waals surface area contributed by atoms with E-state index in [0.717, 1.165) is 31.4 Å². The lowest BCUT2D eigenvalue weighted by Crippen LogP contribution is -2.50. The number of β-amino-alcohol motifs (C(OH)–C–C–N with tert-alkyl or cyclic N) is 1. The van der Waals surface area contributed by atoms with Crippen LogP contribution in [0.25, 0.3) is 0 Å². The topological polar surface area (TPSA) is 41.9 Å². The van der Waals surface area contributed by atoms with Crippen LogP contribution in [0.4, 0.5) is 0 Å². The molecule has 0 aromatic heterocycles. The Kier molecular flexibility index (Phi) is 5.36. The highest BCUT2D eigenvalue weighted by Crippen LogP contribution is 2.32. The molecule has 0 spiro atoms. The normalized spacial score (nSPS) is 22.9. The lowest BCUT2D eigenvalue weighted by atomic mass is 9.84.